The van der Waals surface area contributed by atoms with Crippen molar-refractivity contribution in [2.24, 2.45) is 0 Å². The van der Waals surface area contributed by atoms with Gasteiger partial charge in [0.15, 0.2) is 11.6 Å². The van der Waals surface area contributed by atoms with Crippen molar-refractivity contribution < 1.29 is 8.78 Å². The SMILES string of the molecule is Nc1c(I)cc(I)c(F)c1F. The van der Waals surface area contributed by atoms with E-state index in [1.54, 1.807) is 22.6 Å². The number of nitrogens with two attached hydrogens (primary N) is 1. The summed E-state index contributed by atoms with van der Waals surface area (Å²) >= 11 is 3.57. The van der Waals surface area contributed by atoms with Gasteiger partial charge in [0.25, 0.3) is 0 Å². The fraction of sp³-hybridized carbons (Fsp3) is 0. The predicted molar refractivity (Wildman–Crippen MR) is 56.2 cm³/mol. The normalized spacial score (nSPS) is 10.2. The molecule has 1 nitrogen and oxygen atoms in total. The molecule has 0 saturated carbocycles. The van der Waals surface area contributed by atoms with Crippen molar-refractivity contribution in [2.75, 3.05) is 5.73 Å². The molecule has 0 unspecified atom stereocenters. The van der Waals surface area contributed by atoms with Crippen LogP contribution in [0.25, 0.3) is 0 Å². The van der Waals surface area contributed by atoms with Gasteiger partial charge in [-0.05, 0) is 51.2 Å². The van der Waals surface area contributed by atoms with E-state index in [2.05, 4.69) is 0 Å². The third kappa shape index (κ3) is 1.74. The molecular weight excluding hydrogens is 378 g/mol. The molecule has 0 amide bonds. The molecule has 60 valence electrons. The molecule has 0 saturated heterocycles. The number of nitrogen functional groups attached to an aromatic ring is 1. The fourth-order valence-electron chi connectivity index (χ4n) is 0.580. The third-order valence-corrected chi connectivity index (χ3v) is 2.83. The minimum atomic E-state index is -0.957. The van der Waals surface area contributed by atoms with E-state index in [-0.39, 0.29) is 9.26 Å². The molecule has 0 fully saturated rings. The van der Waals surface area contributed by atoms with Gasteiger partial charge in [-0.1, -0.05) is 0 Å². The number of anilines is 1. The molecule has 0 aliphatic rings. The molecule has 0 aliphatic heterocycles. The van der Waals surface area contributed by atoms with Gasteiger partial charge in [0.1, 0.15) is 0 Å². The van der Waals surface area contributed by atoms with E-state index in [9.17, 15) is 8.78 Å². The first kappa shape index (κ1) is 9.43. The lowest BCUT2D eigenvalue weighted by atomic mass is 10.3. The maximum absolute atomic E-state index is 12.7. The molecule has 0 atom stereocenters. The van der Waals surface area contributed by atoms with Crippen LogP contribution in [0.3, 0.4) is 0 Å². The zero-order chi connectivity index (χ0) is 8.59. The second-order valence-electron chi connectivity index (χ2n) is 1.88. The number of hydrogen-bond acceptors (Lipinski definition) is 1. The highest BCUT2D eigenvalue weighted by Crippen LogP contribution is 2.24. The summed E-state index contributed by atoms with van der Waals surface area (Å²) in [4.78, 5) is 0. The Kier molecular flexibility index (Phi) is 2.90. The van der Waals surface area contributed by atoms with E-state index in [0.29, 0.717) is 3.57 Å². The van der Waals surface area contributed by atoms with Gasteiger partial charge < -0.3 is 5.73 Å². The first-order chi connectivity index (χ1) is 5.04. The van der Waals surface area contributed by atoms with Gasteiger partial charge in [0, 0.05) is 3.57 Å². The molecule has 11 heavy (non-hydrogen) atoms. The van der Waals surface area contributed by atoms with Crippen LogP contribution in [0.2, 0.25) is 0 Å². The molecular formula is C6H3F2I2N. The molecule has 1 aromatic rings. The van der Waals surface area contributed by atoms with Crippen LogP contribution in [0, 0.1) is 18.8 Å². The molecule has 2 N–H and O–H groups in total. The maximum Gasteiger partial charge on any atom is 0.183 e. The Labute approximate surface area is 89.6 Å². The summed E-state index contributed by atoms with van der Waals surface area (Å²) in [5, 5.41) is 0. The van der Waals surface area contributed by atoms with Gasteiger partial charge in [0.05, 0.1) is 9.26 Å². The molecule has 0 spiro atoms. The van der Waals surface area contributed by atoms with Crippen LogP contribution in [-0.4, -0.2) is 0 Å². The Morgan fingerprint density at radius 1 is 1.09 bits per heavy atom. The van der Waals surface area contributed by atoms with E-state index in [4.69, 9.17) is 5.73 Å². The van der Waals surface area contributed by atoms with Gasteiger partial charge >= 0.3 is 0 Å². The van der Waals surface area contributed by atoms with Crippen LogP contribution in [0.1, 0.15) is 0 Å². The Morgan fingerprint density at radius 3 is 2.18 bits per heavy atom. The zero-order valence-corrected chi connectivity index (χ0v) is 9.48. The molecule has 0 aliphatic carbocycles. The highest BCUT2D eigenvalue weighted by molar-refractivity contribution is 14.1. The summed E-state index contributed by atoms with van der Waals surface area (Å²) in [6, 6.07) is 1.49. The predicted octanol–water partition coefficient (Wildman–Crippen LogP) is 2.76. The summed E-state index contributed by atoms with van der Waals surface area (Å²) < 4.78 is 26.2. The molecule has 0 heterocycles. The largest absolute Gasteiger partial charge is 0.395 e. The zero-order valence-electron chi connectivity index (χ0n) is 5.17. The van der Waals surface area contributed by atoms with Crippen molar-refractivity contribution >= 4 is 50.9 Å². The van der Waals surface area contributed by atoms with E-state index < -0.39 is 11.6 Å². The highest BCUT2D eigenvalue weighted by Gasteiger charge is 2.12. The molecule has 1 rings (SSSR count). The smallest absolute Gasteiger partial charge is 0.183 e. The Balaban J connectivity index is 3.46. The van der Waals surface area contributed by atoms with Crippen LogP contribution in [-0.2, 0) is 0 Å². The van der Waals surface area contributed by atoms with Crippen LogP contribution in [0.5, 0.6) is 0 Å². The second kappa shape index (κ2) is 3.38. The molecule has 0 radical (unpaired) electrons. The number of benzene rings is 1. The lowest BCUT2D eigenvalue weighted by Crippen LogP contribution is -1.99. The Morgan fingerprint density at radius 2 is 1.64 bits per heavy atom. The third-order valence-electron chi connectivity index (χ3n) is 1.15. The Bertz CT molecular complexity index is 275. The van der Waals surface area contributed by atoms with Crippen LogP contribution < -0.4 is 5.73 Å². The van der Waals surface area contributed by atoms with Crippen LogP contribution >= 0.6 is 45.2 Å². The summed E-state index contributed by atoms with van der Waals surface area (Å²) in [6.45, 7) is 0. The van der Waals surface area contributed by atoms with Crippen LogP contribution in [0.4, 0.5) is 14.5 Å². The fourth-order valence-corrected chi connectivity index (χ4v) is 2.27. The van der Waals surface area contributed by atoms with Gasteiger partial charge in [0.2, 0.25) is 0 Å². The standard InChI is InChI=1S/C6H3F2I2N/c7-4-2(9)1-3(10)6(11)5(4)8/h1H,11H2. The van der Waals surface area contributed by atoms with Crippen LogP contribution in [0.15, 0.2) is 6.07 Å². The molecule has 5 heteroatoms. The van der Waals surface area contributed by atoms with Crippen molar-refractivity contribution in [3.63, 3.8) is 0 Å². The minimum Gasteiger partial charge on any atom is -0.395 e. The Hall–Kier alpha value is 0.340. The van der Waals surface area contributed by atoms with Crippen molar-refractivity contribution in [3.8, 4) is 0 Å². The first-order valence-corrected chi connectivity index (χ1v) is 4.78. The molecule has 1 aromatic carbocycles. The summed E-state index contributed by atoms with van der Waals surface area (Å²) in [7, 11) is 0. The number of halogens is 4. The number of hydrogen-bond donors (Lipinski definition) is 1. The quantitative estimate of drug-likeness (QED) is 0.318. The van der Waals surface area contributed by atoms with Gasteiger partial charge in [-0.3, -0.25) is 0 Å². The molecule has 0 bridgehead atoms. The number of rotatable bonds is 0. The second-order valence-corrected chi connectivity index (χ2v) is 4.21. The van der Waals surface area contributed by atoms with E-state index in [1.165, 1.54) is 6.07 Å². The van der Waals surface area contributed by atoms with E-state index in [1.807, 2.05) is 22.6 Å². The first-order valence-electron chi connectivity index (χ1n) is 2.62. The topological polar surface area (TPSA) is 26.0 Å². The molecule has 0 aromatic heterocycles. The highest BCUT2D eigenvalue weighted by atomic mass is 127. The van der Waals surface area contributed by atoms with E-state index in [0.717, 1.165) is 0 Å². The monoisotopic (exact) mass is 381 g/mol. The van der Waals surface area contributed by atoms with Gasteiger partial charge in [-0.2, -0.15) is 0 Å². The summed E-state index contributed by atoms with van der Waals surface area (Å²) in [5.74, 6) is -1.83. The average Bonchev–Trinajstić information content (AvgIpc) is 1.97. The van der Waals surface area contributed by atoms with Gasteiger partial charge in [-0.15, -0.1) is 0 Å². The van der Waals surface area contributed by atoms with Crippen molar-refractivity contribution in [1.29, 1.82) is 0 Å². The van der Waals surface area contributed by atoms with Crippen molar-refractivity contribution in [1.82, 2.24) is 0 Å². The average molecular weight is 381 g/mol. The van der Waals surface area contributed by atoms with Crippen molar-refractivity contribution in [3.05, 3.63) is 24.8 Å². The van der Waals surface area contributed by atoms with Crippen molar-refractivity contribution in [2.45, 2.75) is 0 Å². The summed E-state index contributed by atoms with van der Waals surface area (Å²) in [5.41, 5.74) is 5.10. The lowest BCUT2D eigenvalue weighted by molar-refractivity contribution is 0.506. The summed E-state index contributed by atoms with van der Waals surface area (Å²) in [6.07, 6.45) is 0. The maximum atomic E-state index is 12.7. The van der Waals surface area contributed by atoms with E-state index >= 15 is 0 Å². The minimum absolute atomic E-state index is 0.122. The van der Waals surface area contributed by atoms with Gasteiger partial charge in [-0.25, -0.2) is 8.78 Å². The lowest BCUT2D eigenvalue weighted by Gasteiger charge is -2.02.